The molecule has 4 rings (SSSR count). The van der Waals surface area contributed by atoms with Crippen LogP contribution in [0.5, 0.6) is 5.75 Å². The van der Waals surface area contributed by atoms with Crippen LogP contribution < -0.4 is 10.1 Å². The van der Waals surface area contributed by atoms with E-state index in [-0.39, 0.29) is 5.91 Å². The van der Waals surface area contributed by atoms with Crippen LogP contribution in [0, 0.1) is 0 Å². The monoisotopic (exact) mass is 427 g/mol. The predicted molar refractivity (Wildman–Crippen MR) is 124 cm³/mol. The molecule has 0 atom stereocenters. The average molecular weight is 428 g/mol. The highest BCUT2D eigenvalue weighted by Gasteiger charge is 2.18. The molecule has 1 heterocycles. The Labute approximate surface area is 183 Å². The first-order valence-electron chi connectivity index (χ1n) is 10.7. The van der Waals surface area contributed by atoms with Crippen molar-refractivity contribution in [1.29, 1.82) is 0 Å². The zero-order chi connectivity index (χ0) is 21.5. The number of benzene rings is 2. The summed E-state index contributed by atoms with van der Waals surface area (Å²) in [7, 11) is 1.59. The Kier molecular flexibility index (Phi) is 7.75. The van der Waals surface area contributed by atoms with E-state index in [2.05, 4.69) is 30.0 Å². The van der Waals surface area contributed by atoms with E-state index in [1.165, 1.54) is 38.5 Å². The molecule has 0 saturated heterocycles. The van der Waals surface area contributed by atoms with Crippen LogP contribution in [0.1, 0.15) is 68.8 Å². The first-order chi connectivity index (χ1) is 14.5. The highest BCUT2D eigenvalue weighted by atomic mass is 35.5. The summed E-state index contributed by atoms with van der Waals surface area (Å²) in [5, 5.41) is 9.18. The van der Waals surface area contributed by atoms with Crippen molar-refractivity contribution in [3.63, 3.8) is 0 Å². The third-order valence-electron chi connectivity index (χ3n) is 5.13. The van der Waals surface area contributed by atoms with Crippen molar-refractivity contribution < 1.29 is 9.53 Å². The summed E-state index contributed by atoms with van der Waals surface area (Å²) >= 11 is 5.99. The van der Waals surface area contributed by atoms with E-state index in [1.807, 2.05) is 12.1 Å². The van der Waals surface area contributed by atoms with Gasteiger partial charge in [0.25, 0.3) is 5.91 Å². The van der Waals surface area contributed by atoms with Crippen molar-refractivity contribution >= 4 is 34.1 Å². The predicted octanol–water partition coefficient (Wildman–Crippen LogP) is 6.87. The number of ether oxygens (including phenoxy) is 1. The number of halogens is 1. The molecule has 0 bridgehead atoms. The van der Waals surface area contributed by atoms with Crippen LogP contribution in [0.15, 0.2) is 42.6 Å². The quantitative estimate of drug-likeness (QED) is 0.494. The highest BCUT2D eigenvalue weighted by Crippen LogP contribution is 2.33. The van der Waals surface area contributed by atoms with Gasteiger partial charge in [-0.2, -0.15) is 5.10 Å². The van der Waals surface area contributed by atoms with Crippen LogP contribution >= 0.6 is 11.6 Å². The number of hydrogen-bond acceptors (Lipinski definition) is 3. The van der Waals surface area contributed by atoms with Crippen molar-refractivity contribution in [2.24, 2.45) is 0 Å². The van der Waals surface area contributed by atoms with Gasteiger partial charge in [-0.05, 0) is 37.1 Å². The van der Waals surface area contributed by atoms with Crippen molar-refractivity contribution in [3.05, 3.63) is 53.2 Å². The van der Waals surface area contributed by atoms with Gasteiger partial charge >= 0.3 is 0 Å². The molecule has 1 fully saturated rings. The summed E-state index contributed by atoms with van der Waals surface area (Å²) < 4.78 is 7.55. The van der Waals surface area contributed by atoms with Crippen molar-refractivity contribution in [1.82, 2.24) is 9.78 Å². The summed E-state index contributed by atoms with van der Waals surface area (Å²) in [6.45, 7) is 4.25. The van der Waals surface area contributed by atoms with Gasteiger partial charge in [0.2, 0.25) is 0 Å². The Hall–Kier alpha value is -2.53. The maximum atomic E-state index is 12.6. The maximum Gasteiger partial charge on any atom is 0.255 e. The van der Waals surface area contributed by atoms with E-state index in [4.69, 9.17) is 21.4 Å². The van der Waals surface area contributed by atoms with Crippen LogP contribution in [0.4, 0.5) is 5.69 Å². The molecule has 1 amide bonds. The van der Waals surface area contributed by atoms with Crippen molar-refractivity contribution in [2.45, 2.75) is 58.4 Å². The summed E-state index contributed by atoms with van der Waals surface area (Å²) in [6.07, 6.45) is 9.48. The van der Waals surface area contributed by atoms with Crippen LogP contribution in [0.25, 0.3) is 10.9 Å². The molecule has 1 aliphatic carbocycles. The summed E-state index contributed by atoms with van der Waals surface area (Å²) in [6, 6.07) is 11.1. The van der Waals surface area contributed by atoms with Gasteiger partial charge in [0.15, 0.2) is 0 Å². The fraction of sp³-hybridized carbons (Fsp3) is 0.417. The molecule has 0 radical (unpaired) electrons. The van der Waals surface area contributed by atoms with E-state index in [0.717, 1.165) is 10.9 Å². The number of carbonyl (C=O) groups excluding carboxylic acids is 1. The largest absolute Gasteiger partial charge is 0.494 e. The summed E-state index contributed by atoms with van der Waals surface area (Å²) in [5.74, 6) is 0.363. The minimum absolute atomic E-state index is 0.227. The molecule has 0 aliphatic heterocycles. The average Bonchev–Trinajstić information content (AvgIpc) is 3.17. The highest BCUT2D eigenvalue weighted by molar-refractivity contribution is 6.31. The number of carbonyl (C=O) groups is 1. The lowest BCUT2D eigenvalue weighted by Crippen LogP contribution is -2.12. The van der Waals surface area contributed by atoms with E-state index in [1.54, 1.807) is 31.4 Å². The topological polar surface area (TPSA) is 56.1 Å². The Balaban J connectivity index is 0.000000806. The zero-order valence-corrected chi connectivity index (χ0v) is 18.7. The van der Waals surface area contributed by atoms with Crippen LogP contribution in [-0.4, -0.2) is 22.8 Å². The molecule has 30 heavy (non-hydrogen) atoms. The molecule has 3 aromatic rings. The number of amides is 1. The third-order valence-corrected chi connectivity index (χ3v) is 5.36. The minimum atomic E-state index is -0.227. The van der Waals surface area contributed by atoms with Gasteiger partial charge in [-0.15, -0.1) is 0 Å². The fourth-order valence-corrected chi connectivity index (χ4v) is 3.89. The minimum Gasteiger partial charge on any atom is -0.494 e. The van der Waals surface area contributed by atoms with E-state index in [9.17, 15) is 4.79 Å². The molecular formula is C24H30ClN3O2. The van der Waals surface area contributed by atoms with Gasteiger partial charge in [-0.1, -0.05) is 57.2 Å². The lowest BCUT2D eigenvalue weighted by atomic mass is 9.96. The molecule has 5 nitrogen and oxygen atoms in total. The van der Waals surface area contributed by atoms with Gasteiger partial charge in [-0.25, -0.2) is 0 Å². The second-order valence-electron chi connectivity index (χ2n) is 7.68. The number of aromatic nitrogens is 2. The smallest absolute Gasteiger partial charge is 0.255 e. The van der Waals surface area contributed by atoms with Crippen LogP contribution in [0.3, 0.4) is 0 Å². The van der Waals surface area contributed by atoms with Crippen LogP contribution in [-0.2, 0) is 0 Å². The SMILES string of the molecule is CCC.COc1cc2nn(C3CCCCC3)cc2cc1NC(=O)c1cccc(Cl)c1. The Morgan fingerprint density at radius 2 is 1.93 bits per heavy atom. The van der Waals surface area contributed by atoms with E-state index in [0.29, 0.717) is 28.1 Å². The van der Waals surface area contributed by atoms with E-state index >= 15 is 0 Å². The first kappa shape index (κ1) is 22.2. The second-order valence-corrected chi connectivity index (χ2v) is 8.12. The number of rotatable bonds is 4. The van der Waals surface area contributed by atoms with Crippen LogP contribution in [0.2, 0.25) is 5.02 Å². The number of fused-ring (bicyclic) bond motifs is 1. The Morgan fingerprint density at radius 1 is 1.20 bits per heavy atom. The molecule has 1 aromatic heterocycles. The van der Waals surface area contributed by atoms with Gasteiger partial charge < -0.3 is 10.1 Å². The molecule has 160 valence electrons. The summed E-state index contributed by atoms with van der Waals surface area (Å²) in [5.41, 5.74) is 2.00. The number of methoxy groups -OCH3 is 1. The van der Waals surface area contributed by atoms with Crippen molar-refractivity contribution in [2.75, 3.05) is 12.4 Å². The zero-order valence-electron chi connectivity index (χ0n) is 18.0. The molecule has 0 spiro atoms. The lowest BCUT2D eigenvalue weighted by molar-refractivity contribution is 0.102. The maximum absolute atomic E-state index is 12.6. The molecular weight excluding hydrogens is 398 g/mol. The lowest BCUT2D eigenvalue weighted by Gasteiger charge is -2.21. The molecule has 6 heteroatoms. The first-order valence-corrected chi connectivity index (χ1v) is 11.1. The number of nitrogens with one attached hydrogen (secondary N) is 1. The normalized spacial score (nSPS) is 14.1. The van der Waals surface area contributed by atoms with Gasteiger partial charge in [0.1, 0.15) is 5.75 Å². The van der Waals surface area contributed by atoms with Crippen molar-refractivity contribution in [3.8, 4) is 5.75 Å². The molecule has 1 aliphatic rings. The van der Waals surface area contributed by atoms with Gasteiger partial charge in [-0.3, -0.25) is 9.48 Å². The second kappa shape index (κ2) is 10.5. The Bertz CT molecular complexity index is 993. The number of anilines is 1. The number of hydrogen-bond donors (Lipinski definition) is 1. The fourth-order valence-electron chi connectivity index (χ4n) is 3.70. The van der Waals surface area contributed by atoms with Gasteiger partial charge in [0, 0.05) is 28.2 Å². The molecule has 1 N–H and O–H groups in total. The molecule has 0 unspecified atom stereocenters. The molecule has 2 aromatic carbocycles. The number of nitrogens with zero attached hydrogens (tertiary/aromatic N) is 2. The summed E-state index contributed by atoms with van der Waals surface area (Å²) in [4.78, 5) is 12.6. The third kappa shape index (κ3) is 5.33. The van der Waals surface area contributed by atoms with E-state index < -0.39 is 0 Å². The Morgan fingerprint density at radius 3 is 2.60 bits per heavy atom. The van der Waals surface area contributed by atoms with Gasteiger partial charge in [0.05, 0.1) is 24.4 Å². The standard InChI is InChI=1S/C21H22ClN3O2.C3H8/c1-27-20-12-18-15(13-25(24-18)17-8-3-2-4-9-17)11-19(20)23-21(26)14-6-5-7-16(22)10-14;1-3-2/h5-7,10-13,17H,2-4,8-9H2,1H3,(H,23,26);3H2,1-2H3. The molecule has 1 saturated carbocycles.